The van der Waals surface area contributed by atoms with E-state index in [1.54, 1.807) is 0 Å². The molecule has 8 atom stereocenters. The van der Waals surface area contributed by atoms with Crippen LogP contribution in [0.4, 0.5) is 0 Å². The first-order valence-corrected chi connectivity index (χ1v) is 14.3. The fourth-order valence-corrected chi connectivity index (χ4v) is 10.8. The molecule has 4 heteroatoms. The maximum Gasteiger partial charge on any atom is 0.306 e. The minimum absolute atomic E-state index is 0.00840. The summed E-state index contributed by atoms with van der Waals surface area (Å²) in [5.41, 5.74) is 1.90. The zero-order valence-corrected chi connectivity index (χ0v) is 23.4. The number of fused-ring (bicyclic) bond motifs is 8. The smallest absolute Gasteiger partial charge is 0.306 e. The Morgan fingerprint density at radius 1 is 0.886 bits per heavy atom. The molecular formula is C31H47NO3. The van der Waals surface area contributed by atoms with Gasteiger partial charge in [0.05, 0.1) is 6.20 Å². The lowest BCUT2D eigenvalue weighted by Gasteiger charge is -2.68. The summed E-state index contributed by atoms with van der Waals surface area (Å²) in [6.07, 6.45) is 12.0. The van der Waals surface area contributed by atoms with Crippen molar-refractivity contribution in [3.8, 4) is 0 Å². The van der Waals surface area contributed by atoms with E-state index in [9.17, 15) is 4.79 Å². The summed E-state index contributed by atoms with van der Waals surface area (Å²) < 4.78 is 12.5. The average molecular weight is 482 g/mol. The highest BCUT2D eigenvalue weighted by Crippen LogP contribution is 2.73. The highest BCUT2D eigenvalue weighted by atomic mass is 16.5. The number of hydrogen-bond acceptors (Lipinski definition) is 4. The molecule has 3 saturated carbocycles. The summed E-state index contributed by atoms with van der Waals surface area (Å²) in [5, 5.41) is 4.22. The number of hydrogen-bond donors (Lipinski definition) is 0. The van der Waals surface area contributed by atoms with Crippen molar-refractivity contribution in [2.75, 3.05) is 0 Å². The molecule has 1 aliphatic heterocycles. The summed E-state index contributed by atoms with van der Waals surface area (Å²) in [7, 11) is 0. The van der Waals surface area contributed by atoms with Crippen LogP contribution < -0.4 is 0 Å². The largest absolute Gasteiger partial charge is 0.461 e. The first kappa shape index (κ1) is 24.0. The lowest BCUT2D eigenvalue weighted by Crippen LogP contribution is -2.65. The first-order chi connectivity index (χ1) is 16.2. The molecule has 0 amide bonds. The van der Waals surface area contributed by atoms with Gasteiger partial charge in [-0.3, -0.25) is 4.79 Å². The van der Waals surface area contributed by atoms with Gasteiger partial charge in [0.2, 0.25) is 0 Å². The fraction of sp³-hybridized carbons (Fsp3) is 0.871. The summed E-state index contributed by atoms with van der Waals surface area (Å²) in [6, 6.07) is 0. The van der Waals surface area contributed by atoms with Crippen molar-refractivity contribution in [1.29, 1.82) is 0 Å². The Labute approximate surface area is 212 Å². The van der Waals surface area contributed by atoms with E-state index in [0.29, 0.717) is 35.0 Å². The lowest BCUT2D eigenvalue weighted by molar-refractivity contribution is -0.218. The molecule has 1 aromatic rings. The molecule has 4 fully saturated rings. The van der Waals surface area contributed by atoms with Gasteiger partial charge in [-0.25, -0.2) is 0 Å². The van der Waals surface area contributed by atoms with Gasteiger partial charge in [0, 0.05) is 28.7 Å². The van der Waals surface area contributed by atoms with Crippen LogP contribution in [0.15, 0.2) is 10.7 Å². The van der Waals surface area contributed by atoms with Crippen molar-refractivity contribution in [2.45, 2.75) is 125 Å². The number of carbonyl (C=O) groups excluding carboxylic acids is 1. The van der Waals surface area contributed by atoms with E-state index in [1.165, 1.54) is 50.5 Å². The number of rotatable bonds is 0. The Morgan fingerprint density at radius 2 is 1.60 bits per heavy atom. The molecule has 0 aromatic carbocycles. The third-order valence-corrected chi connectivity index (χ3v) is 13.2. The summed E-state index contributed by atoms with van der Waals surface area (Å²) >= 11 is 0. The van der Waals surface area contributed by atoms with Crippen LogP contribution in [0.3, 0.4) is 0 Å². The molecule has 0 bridgehead atoms. The van der Waals surface area contributed by atoms with Crippen LogP contribution in [-0.4, -0.2) is 17.2 Å². The number of nitrogens with zero attached hydrogens (tertiary/aromatic N) is 1. The Hall–Kier alpha value is -1.32. The Balaban J connectivity index is 1.47. The molecule has 4 nitrogen and oxygen atoms in total. The number of esters is 1. The maximum atomic E-state index is 13.7. The second kappa shape index (κ2) is 6.95. The van der Waals surface area contributed by atoms with E-state index in [1.807, 2.05) is 6.20 Å². The molecule has 6 rings (SSSR count). The second-order valence-electron chi connectivity index (χ2n) is 15.8. The van der Waals surface area contributed by atoms with E-state index >= 15 is 0 Å². The molecule has 5 aliphatic rings. The minimum atomic E-state index is -0.0742. The average Bonchev–Trinajstić information content (AvgIpc) is 3.20. The van der Waals surface area contributed by atoms with E-state index in [-0.39, 0.29) is 33.7 Å². The molecule has 2 unspecified atom stereocenters. The fourth-order valence-electron chi connectivity index (χ4n) is 10.8. The van der Waals surface area contributed by atoms with Gasteiger partial charge in [0.15, 0.2) is 0 Å². The second-order valence-corrected chi connectivity index (χ2v) is 15.8. The van der Waals surface area contributed by atoms with Crippen molar-refractivity contribution >= 4 is 5.97 Å². The number of ether oxygens (including phenoxy) is 1. The van der Waals surface area contributed by atoms with Crippen LogP contribution in [0.5, 0.6) is 0 Å². The predicted molar refractivity (Wildman–Crippen MR) is 137 cm³/mol. The van der Waals surface area contributed by atoms with Gasteiger partial charge in [-0.1, -0.05) is 60.5 Å². The Kier molecular flexibility index (Phi) is 4.78. The quantitative estimate of drug-likeness (QED) is 0.360. The van der Waals surface area contributed by atoms with Crippen LogP contribution in [0, 0.1) is 44.8 Å². The SMILES string of the molecule is CC1(C)CC[C@]2(C)CC[C@]3(C)C(OC(=O)C[C@@H]4[C@@]5(C)Cc6cnoc6C(C)(C)[C@@H]5CC[C@]43C)C2C1. The molecule has 2 heterocycles. The van der Waals surface area contributed by atoms with Gasteiger partial charge < -0.3 is 9.26 Å². The van der Waals surface area contributed by atoms with Gasteiger partial charge in [-0.15, -0.1) is 0 Å². The summed E-state index contributed by atoms with van der Waals surface area (Å²) in [6.45, 7) is 19.6. The number of carbonyl (C=O) groups is 1. The molecule has 0 radical (unpaired) electrons. The normalized spacial score (nSPS) is 49.9. The van der Waals surface area contributed by atoms with Crippen LogP contribution in [0.25, 0.3) is 0 Å². The van der Waals surface area contributed by atoms with Crippen molar-refractivity contribution in [3.05, 3.63) is 17.5 Å². The van der Waals surface area contributed by atoms with Gasteiger partial charge in [-0.2, -0.15) is 0 Å². The zero-order valence-electron chi connectivity index (χ0n) is 23.4. The van der Waals surface area contributed by atoms with Crippen LogP contribution in [-0.2, 0) is 21.4 Å². The highest BCUT2D eigenvalue weighted by molar-refractivity contribution is 5.71. The van der Waals surface area contributed by atoms with Crippen molar-refractivity contribution in [3.63, 3.8) is 0 Å². The van der Waals surface area contributed by atoms with Crippen molar-refractivity contribution in [2.24, 2.45) is 44.8 Å². The minimum Gasteiger partial charge on any atom is -0.461 e. The third kappa shape index (κ3) is 2.98. The van der Waals surface area contributed by atoms with Crippen molar-refractivity contribution in [1.82, 2.24) is 5.16 Å². The molecule has 194 valence electrons. The molecule has 1 saturated heterocycles. The first-order valence-electron chi connectivity index (χ1n) is 14.3. The topological polar surface area (TPSA) is 52.3 Å². The molecular weight excluding hydrogens is 434 g/mol. The molecule has 0 N–H and O–H groups in total. The summed E-state index contributed by atoms with van der Waals surface area (Å²) in [5.74, 6) is 2.37. The van der Waals surface area contributed by atoms with Crippen LogP contribution in [0.1, 0.15) is 118 Å². The third-order valence-electron chi connectivity index (χ3n) is 13.2. The molecule has 0 spiro atoms. The van der Waals surface area contributed by atoms with E-state index in [4.69, 9.17) is 9.26 Å². The molecule has 1 aromatic heterocycles. The van der Waals surface area contributed by atoms with Crippen molar-refractivity contribution < 1.29 is 14.1 Å². The Bertz CT molecular complexity index is 1060. The van der Waals surface area contributed by atoms with E-state index < -0.39 is 0 Å². The molecule has 35 heavy (non-hydrogen) atoms. The van der Waals surface area contributed by atoms with Gasteiger partial charge in [0.25, 0.3) is 0 Å². The van der Waals surface area contributed by atoms with Crippen LogP contribution >= 0.6 is 0 Å². The van der Waals surface area contributed by atoms with Gasteiger partial charge in [-0.05, 0) is 84.9 Å². The van der Waals surface area contributed by atoms with E-state index in [0.717, 1.165) is 12.2 Å². The lowest BCUT2D eigenvalue weighted by atomic mass is 9.36. The van der Waals surface area contributed by atoms with E-state index in [2.05, 4.69) is 60.5 Å². The molecule has 4 aliphatic carbocycles. The monoisotopic (exact) mass is 481 g/mol. The van der Waals surface area contributed by atoms with Gasteiger partial charge in [0.1, 0.15) is 11.9 Å². The Morgan fingerprint density at radius 3 is 2.34 bits per heavy atom. The maximum absolute atomic E-state index is 13.7. The summed E-state index contributed by atoms with van der Waals surface area (Å²) in [4.78, 5) is 13.7. The predicted octanol–water partition coefficient (Wildman–Crippen LogP) is 7.50. The highest BCUT2D eigenvalue weighted by Gasteiger charge is 2.70. The number of aromatic nitrogens is 1. The standard InChI is InChI=1S/C31H47NO3/c1-26(2)11-12-28(5)13-14-31(8)25(20(28)17-26)34-23(33)15-22-29(6)16-19-18-32-35-24(19)27(3,4)21(29)9-10-30(22,31)7/h18,20-22,25H,9-17H2,1-8H3/t20?,21-,22+,25?,28+,29-,30+,31+/m0/s1. The van der Waals surface area contributed by atoms with Gasteiger partial charge >= 0.3 is 5.97 Å². The zero-order chi connectivity index (χ0) is 25.2. The van der Waals surface area contributed by atoms with Crippen LogP contribution in [0.2, 0.25) is 0 Å².